The number of methoxy groups -OCH3 is 1. The average molecular weight is 561 g/mol. The van der Waals surface area contributed by atoms with Gasteiger partial charge in [-0.05, 0) is 68.9 Å². The van der Waals surface area contributed by atoms with Crippen LogP contribution in [-0.2, 0) is 12.0 Å². The average Bonchev–Trinajstić information content (AvgIpc) is 2.91. The molecule has 0 aliphatic heterocycles. The number of amides is 1. The summed E-state index contributed by atoms with van der Waals surface area (Å²) in [4.78, 5) is 21.0. The highest BCUT2D eigenvalue weighted by molar-refractivity contribution is 6.06. The summed E-state index contributed by atoms with van der Waals surface area (Å²) in [5.74, 6) is 6.79. The van der Waals surface area contributed by atoms with Crippen molar-refractivity contribution in [2.75, 3.05) is 51.7 Å². The van der Waals surface area contributed by atoms with Gasteiger partial charge >= 0.3 is 0 Å². The van der Waals surface area contributed by atoms with Gasteiger partial charge in [0.2, 0.25) is 0 Å². The number of anilines is 2. The fourth-order valence-corrected chi connectivity index (χ4v) is 4.40. The van der Waals surface area contributed by atoms with Crippen LogP contribution in [-0.4, -0.2) is 57.0 Å². The van der Waals surface area contributed by atoms with E-state index >= 15 is 0 Å². The maximum Gasteiger partial charge on any atom is 0.255 e. The van der Waals surface area contributed by atoms with Gasteiger partial charge in [0.15, 0.2) is 12.4 Å². The van der Waals surface area contributed by atoms with Gasteiger partial charge in [0.25, 0.3) is 5.91 Å². The highest BCUT2D eigenvalue weighted by Gasteiger charge is 2.22. The number of pyridine rings is 1. The Labute approximate surface area is 244 Å². The fraction of sp³-hybridized carbons (Fsp3) is 0.375. The molecule has 0 saturated heterocycles. The van der Waals surface area contributed by atoms with Gasteiger partial charge in [0.05, 0.1) is 29.7 Å². The van der Waals surface area contributed by atoms with Crippen LogP contribution in [0.25, 0.3) is 5.70 Å². The van der Waals surface area contributed by atoms with Crippen molar-refractivity contribution in [3.05, 3.63) is 88.9 Å². The van der Waals surface area contributed by atoms with E-state index in [9.17, 15) is 4.79 Å². The van der Waals surface area contributed by atoms with Crippen LogP contribution in [0.15, 0.2) is 61.1 Å². The van der Waals surface area contributed by atoms with E-state index in [1.807, 2.05) is 37.4 Å². The first-order chi connectivity index (χ1) is 19.3. The number of aromatic amines is 1. The van der Waals surface area contributed by atoms with Crippen LogP contribution in [0.4, 0.5) is 11.4 Å². The molecule has 0 atom stereocenters. The highest BCUT2D eigenvalue weighted by Crippen LogP contribution is 2.36. The second kappa shape index (κ2) is 13.6. The molecule has 3 aromatic rings. The molecule has 220 valence electrons. The number of benzene rings is 2. The lowest BCUT2D eigenvalue weighted by molar-refractivity contribution is -0.378. The number of aryl methyl sites for hydroxylation is 1. The largest absolute Gasteiger partial charge is 0.494 e. The van der Waals surface area contributed by atoms with Crippen LogP contribution < -0.4 is 31.6 Å². The summed E-state index contributed by atoms with van der Waals surface area (Å²) in [6, 6.07) is 13.4. The Balaban J connectivity index is 1.93. The number of rotatable bonds is 11. The zero-order valence-corrected chi connectivity index (χ0v) is 25.7. The van der Waals surface area contributed by atoms with E-state index < -0.39 is 0 Å². The summed E-state index contributed by atoms with van der Waals surface area (Å²) >= 11 is 0. The maximum atomic E-state index is 13.6. The summed E-state index contributed by atoms with van der Waals surface area (Å²) in [7, 11) is 7.86. The van der Waals surface area contributed by atoms with Gasteiger partial charge in [-0.15, -0.1) is 0 Å². The molecule has 0 spiro atoms. The van der Waals surface area contributed by atoms with E-state index in [1.165, 1.54) is 5.01 Å². The monoisotopic (exact) mass is 560 g/mol. The number of ether oxygens (including phenoxy) is 1. The number of hydrazine groups is 1. The number of aromatic nitrogens is 1. The van der Waals surface area contributed by atoms with Crippen molar-refractivity contribution in [1.82, 2.24) is 9.80 Å². The van der Waals surface area contributed by atoms with Crippen molar-refractivity contribution >= 4 is 23.0 Å². The molecule has 6 N–H and O–H groups in total. The third-order valence-electron chi connectivity index (χ3n) is 6.92. The third-order valence-corrected chi connectivity index (χ3v) is 6.92. The molecular formula is C32H46N7O2+. The molecule has 9 heteroatoms. The first kappa shape index (κ1) is 31.6. The van der Waals surface area contributed by atoms with Crippen molar-refractivity contribution in [2.24, 2.45) is 11.6 Å². The van der Waals surface area contributed by atoms with Crippen molar-refractivity contribution in [3.63, 3.8) is 0 Å². The minimum Gasteiger partial charge on any atom is -0.494 e. The number of carbonyl (C=O) groups excluding carboxylic acids is 1. The van der Waals surface area contributed by atoms with Crippen molar-refractivity contribution < 1.29 is 14.5 Å². The number of hydrogen-bond acceptors (Lipinski definition) is 7. The van der Waals surface area contributed by atoms with Crippen molar-refractivity contribution in [2.45, 2.75) is 39.7 Å². The molecule has 1 amide bonds. The number of H-pyrrole nitrogens is 1. The first-order valence-corrected chi connectivity index (χ1v) is 13.7. The number of nitrogens with zero attached hydrogens (tertiary/aromatic N) is 3. The van der Waals surface area contributed by atoms with Crippen LogP contribution in [0, 0.1) is 6.92 Å². The fourth-order valence-electron chi connectivity index (χ4n) is 4.40. The number of carbonyl (C=O) groups is 1. The second-order valence-corrected chi connectivity index (χ2v) is 11.7. The lowest BCUT2D eigenvalue weighted by atomic mass is 9.85. The van der Waals surface area contributed by atoms with E-state index in [4.69, 9.17) is 16.3 Å². The Morgan fingerprint density at radius 3 is 2.41 bits per heavy atom. The molecule has 0 saturated carbocycles. The summed E-state index contributed by atoms with van der Waals surface area (Å²) < 4.78 is 5.87. The van der Waals surface area contributed by atoms with E-state index in [-0.39, 0.29) is 11.3 Å². The Kier molecular flexibility index (Phi) is 10.5. The second-order valence-electron chi connectivity index (χ2n) is 11.7. The predicted octanol–water partition coefficient (Wildman–Crippen LogP) is 4.00. The van der Waals surface area contributed by atoms with Crippen LogP contribution in [0.3, 0.4) is 0 Å². The van der Waals surface area contributed by atoms with E-state index in [1.54, 1.807) is 31.6 Å². The molecule has 0 radical (unpaired) electrons. The van der Waals surface area contributed by atoms with Crippen LogP contribution in [0.5, 0.6) is 5.75 Å². The SMILES string of the molecule is COc1c(CN(C)CCN(C)C)cc(C(C)(C)C)cc1NC(=O)c1ccc(C)c(N(N)C=C(N)c2ccc[nH+]c2)c1. The topological polar surface area (TPSA) is 114 Å². The quantitative estimate of drug-likeness (QED) is 0.240. The number of nitrogens with one attached hydrogen (secondary N) is 2. The zero-order chi connectivity index (χ0) is 30.3. The van der Waals surface area contributed by atoms with Gasteiger partial charge in [0, 0.05) is 43.0 Å². The van der Waals surface area contributed by atoms with E-state index in [0.29, 0.717) is 34.9 Å². The molecule has 0 fully saturated rings. The van der Waals surface area contributed by atoms with Crippen LogP contribution in [0.2, 0.25) is 0 Å². The Hall–Kier alpha value is -3.92. The lowest BCUT2D eigenvalue weighted by Crippen LogP contribution is -2.28. The number of nitrogens with two attached hydrogens (primary N) is 2. The third kappa shape index (κ3) is 8.53. The van der Waals surface area contributed by atoms with E-state index in [2.05, 4.69) is 68.1 Å². The molecule has 2 aromatic carbocycles. The van der Waals surface area contributed by atoms with Crippen LogP contribution in [0.1, 0.15) is 53.4 Å². The molecule has 0 aliphatic carbocycles. The molecule has 0 aliphatic rings. The van der Waals surface area contributed by atoms with Gasteiger partial charge in [-0.2, -0.15) is 0 Å². The molecule has 3 rings (SSSR count). The smallest absolute Gasteiger partial charge is 0.255 e. The lowest BCUT2D eigenvalue weighted by Gasteiger charge is -2.26. The van der Waals surface area contributed by atoms with Crippen molar-refractivity contribution in [1.29, 1.82) is 0 Å². The Morgan fingerprint density at radius 1 is 1.07 bits per heavy atom. The summed E-state index contributed by atoms with van der Waals surface area (Å²) in [5.41, 5.74) is 12.3. The molecule has 0 unspecified atom stereocenters. The standard InChI is InChI=1S/C32H45N7O2/c1-22-11-12-23(17-29(22)39(34)21-27(33)24-10-9-13-35-19-24)31(40)36-28-18-26(32(2,3)4)16-25(30(28)41-8)20-38(7)15-14-37(5)6/h9-13,16-19,21H,14-15,20,33-34H2,1-8H3,(H,36,40)/p+1. The van der Waals surface area contributed by atoms with Gasteiger partial charge in [-0.3, -0.25) is 9.80 Å². The minimum absolute atomic E-state index is 0.122. The highest BCUT2D eigenvalue weighted by atomic mass is 16.5. The molecule has 1 heterocycles. The molecule has 41 heavy (non-hydrogen) atoms. The molecule has 9 nitrogen and oxygen atoms in total. The molecule has 0 bridgehead atoms. The predicted molar refractivity (Wildman–Crippen MR) is 168 cm³/mol. The summed E-state index contributed by atoms with van der Waals surface area (Å²) in [6.45, 7) is 11.0. The first-order valence-electron chi connectivity index (χ1n) is 13.7. The zero-order valence-electron chi connectivity index (χ0n) is 25.7. The maximum absolute atomic E-state index is 13.6. The summed E-state index contributed by atoms with van der Waals surface area (Å²) in [6.07, 6.45) is 5.24. The Bertz CT molecular complexity index is 1360. The summed E-state index contributed by atoms with van der Waals surface area (Å²) in [5, 5.41) is 4.55. The van der Waals surface area contributed by atoms with Gasteiger partial charge in [-0.25, -0.2) is 10.8 Å². The molecular weight excluding hydrogens is 514 g/mol. The minimum atomic E-state index is -0.259. The number of hydrogen-bond donors (Lipinski definition) is 3. The number of likely N-dealkylation sites (N-methyl/N-ethyl adjacent to an activating group) is 2. The van der Waals surface area contributed by atoms with Crippen LogP contribution >= 0.6 is 0 Å². The van der Waals surface area contributed by atoms with Gasteiger partial charge < -0.3 is 25.6 Å². The Morgan fingerprint density at radius 2 is 1.80 bits per heavy atom. The van der Waals surface area contributed by atoms with Crippen molar-refractivity contribution in [3.8, 4) is 5.75 Å². The molecule has 1 aromatic heterocycles. The van der Waals surface area contributed by atoms with Gasteiger partial charge in [0.1, 0.15) is 5.75 Å². The normalized spacial score (nSPS) is 12.1. The van der Waals surface area contributed by atoms with Gasteiger partial charge in [-0.1, -0.05) is 32.9 Å². The van der Waals surface area contributed by atoms with E-state index in [0.717, 1.165) is 35.3 Å².